The molecule has 0 aliphatic carbocycles. The van der Waals surface area contributed by atoms with Gasteiger partial charge in [0.1, 0.15) is 0 Å². The summed E-state index contributed by atoms with van der Waals surface area (Å²) in [5.41, 5.74) is 3.49. The van der Waals surface area contributed by atoms with Crippen LogP contribution in [0.3, 0.4) is 0 Å². The summed E-state index contributed by atoms with van der Waals surface area (Å²) < 4.78 is 29.5. The van der Waals surface area contributed by atoms with E-state index in [1.165, 1.54) is 4.31 Å². The number of para-hydroxylation sites is 1. The number of nitrogens with one attached hydrogen (secondary N) is 1. The number of hydrogen-bond donors (Lipinski definition) is 1. The zero-order valence-electron chi connectivity index (χ0n) is 14.5. The smallest absolute Gasteiger partial charge is 0.308 e. The molecule has 0 radical (unpaired) electrons. The summed E-state index contributed by atoms with van der Waals surface area (Å²) in [4.78, 5) is 0. The summed E-state index contributed by atoms with van der Waals surface area (Å²) in [6, 6.07) is 15.3. The second-order valence-electron chi connectivity index (χ2n) is 6.03. The summed E-state index contributed by atoms with van der Waals surface area (Å²) in [6.45, 7) is 3.68. The van der Waals surface area contributed by atoms with Crippen molar-refractivity contribution >= 4 is 34.0 Å². The quantitative estimate of drug-likeness (QED) is 0.809. The molecule has 0 atom stereocenters. The minimum atomic E-state index is -3.59. The van der Waals surface area contributed by atoms with Crippen molar-refractivity contribution in [3.05, 3.63) is 59.7 Å². The monoisotopic (exact) mass is 381 g/mol. The average Bonchev–Trinajstić information content (AvgIpc) is 2.55. The summed E-state index contributed by atoms with van der Waals surface area (Å²) >= 11 is 0. The average molecular weight is 382 g/mol. The minimum absolute atomic E-state index is 0. The van der Waals surface area contributed by atoms with Crippen molar-refractivity contribution in [2.75, 3.05) is 24.4 Å². The van der Waals surface area contributed by atoms with Crippen molar-refractivity contribution in [2.24, 2.45) is 0 Å². The lowest BCUT2D eigenvalue weighted by Gasteiger charge is -2.37. The number of halogens is 1. The Kier molecular flexibility index (Phi) is 6.46. The van der Waals surface area contributed by atoms with Crippen LogP contribution in [0.5, 0.6) is 0 Å². The first-order valence-corrected chi connectivity index (χ1v) is 9.53. The molecule has 0 saturated carbocycles. The van der Waals surface area contributed by atoms with Gasteiger partial charge in [-0.15, -0.1) is 12.4 Å². The van der Waals surface area contributed by atoms with Gasteiger partial charge in [0.15, 0.2) is 0 Å². The molecule has 7 heteroatoms. The van der Waals surface area contributed by atoms with Crippen molar-refractivity contribution in [3.63, 3.8) is 0 Å². The predicted octanol–water partition coefficient (Wildman–Crippen LogP) is 3.22. The Morgan fingerprint density at radius 3 is 2.60 bits per heavy atom. The molecule has 0 aromatic heterocycles. The van der Waals surface area contributed by atoms with E-state index in [-0.39, 0.29) is 12.4 Å². The molecule has 1 N–H and O–H groups in total. The molecule has 0 saturated heterocycles. The number of aryl methyl sites for hydroxylation is 1. The van der Waals surface area contributed by atoms with Crippen LogP contribution in [0.25, 0.3) is 0 Å². The van der Waals surface area contributed by atoms with Gasteiger partial charge in [-0.1, -0.05) is 30.3 Å². The Hall–Kier alpha value is -1.60. The van der Waals surface area contributed by atoms with Gasteiger partial charge in [-0.2, -0.15) is 12.7 Å². The van der Waals surface area contributed by atoms with E-state index < -0.39 is 10.2 Å². The number of rotatable bonds is 5. The number of benzene rings is 2. The number of hydrogen-bond acceptors (Lipinski definition) is 3. The molecule has 0 amide bonds. The highest BCUT2D eigenvalue weighted by Crippen LogP contribution is 2.38. The Balaban J connectivity index is 0.00000225. The standard InChI is InChI=1S/C18H23N3O2S.ClH/c1-15-7-5-9-17(13-15)21-18-10-4-3-8-16(18)14-20(24(21,22)23)12-6-11-19-2;/h3-5,7-10,13,19H,6,11-12,14H2,1-2H3;1H. The zero-order valence-corrected chi connectivity index (χ0v) is 16.1. The second-order valence-corrected chi connectivity index (χ2v) is 7.81. The zero-order chi connectivity index (χ0) is 17.2. The largest absolute Gasteiger partial charge is 0.320 e. The van der Waals surface area contributed by atoms with Gasteiger partial charge >= 0.3 is 10.2 Å². The molecule has 1 aliphatic heterocycles. The van der Waals surface area contributed by atoms with Gasteiger partial charge in [0.05, 0.1) is 11.4 Å². The van der Waals surface area contributed by atoms with Crippen molar-refractivity contribution in [1.29, 1.82) is 0 Å². The molecule has 2 aromatic rings. The van der Waals surface area contributed by atoms with Crippen molar-refractivity contribution < 1.29 is 8.42 Å². The van der Waals surface area contributed by atoms with Gasteiger partial charge in [0.2, 0.25) is 0 Å². The first-order valence-electron chi connectivity index (χ1n) is 8.13. The molecule has 0 spiro atoms. The van der Waals surface area contributed by atoms with E-state index in [9.17, 15) is 8.42 Å². The third-order valence-corrected chi connectivity index (χ3v) is 6.02. The molecular formula is C18H24ClN3O2S. The Labute approximate surface area is 156 Å². The van der Waals surface area contributed by atoms with Crippen LogP contribution < -0.4 is 9.62 Å². The Morgan fingerprint density at radius 1 is 1.12 bits per heavy atom. The van der Waals surface area contributed by atoms with E-state index in [2.05, 4.69) is 5.32 Å². The molecule has 25 heavy (non-hydrogen) atoms. The minimum Gasteiger partial charge on any atom is -0.320 e. The van der Waals surface area contributed by atoms with Crippen LogP contribution in [0.2, 0.25) is 0 Å². The van der Waals surface area contributed by atoms with Gasteiger partial charge < -0.3 is 5.32 Å². The topological polar surface area (TPSA) is 52.6 Å². The van der Waals surface area contributed by atoms with Crippen LogP contribution in [0.1, 0.15) is 17.5 Å². The van der Waals surface area contributed by atoms with E-state index in [1.54, 1.807) is 4.31 Å². The van der Waals surface area contributed by atoms with Crippen molar-refractivity contribution in [1.82, 2.24) is 9.62 Å². The first-order chi connectivity index (χ1) is 11.5. The van der Waals surface area contributed by atoms with E-state index in [0.29, 0.717) is 18.8 Å². The molecule has 3 rings (SSSR count). The van der Waals surface area contributed by atoms with Crippen LogP contribution in [0, 0.1) is 6.92 Å². The second kappa shape index (κ2) is 8.19. The van der Waals surface area contributed by atoms with Crippen LogP contribution in [0.15, 0.2) is 48.5 Å². The van der Waals surface area contributed by atoms with Gasteiger partial charge in [0, 0.05) is 13.1 Å². The molecule has 0 bridgehead atoms. The normalized spacial score (nSPS) is 16.2. The fraction of sp³-hybridized carbons (Fsp3) is 0.333. The first kappa shape index (κ1) is 19.7. The van der Waals surface area contributed by atoms with E-state index in [4.69, 9.17) is 0 Å². The van der Waals surface area contributed by atoms with E-state index >= 15 is 0 Å². The molecule has 136 valence electrons. The third kappa shape index (κ3) is 3.98. The summed E-state index contributed by atoms with van der Waals surface area (Å²) in [5.74, 6) is 0. The van der Waals surface area contributed by atoms with Gasteiger partial charge in [0.25, 0.3) is 0 Å². The summed E-state index contributed by atoms with van der Waals surface area (Å²) in [7, 11) is -1.72. The van der Waals surface area contributed by atoms with Gasteiger partial charge in [-0.3, -0.25) is 0 Å². The predicted molar refractivity (Wildman–Crippen MR) is 105 cm³/mol. The fourth-order valence-corrected chi connectivity index (χ4v) is 4.71. The highest BCUT2D eigenvalue weighted by Gasteiger charge is 2.37. The number of nitrogens with zero attached hydrogens (tertiary/aromatic N) is 2. The fourth-order valence-electron chi connectivity index (χ4n) is 3.01. The highest BCUT2D eigenvalue weighted by atomic mass is 35.5. The molecule has 1 aliphatic rings. The molecular weight excluding hydrogens is 358 g/mol. The molecule has 0 unspecified atom stereocenters. The summed E-state index contributed by atoms with van der Waals surface area (Å²) in [5, 5.41) is 3.07. The lowest BCUT2D eigenvalue weighted by atomic mass is 10.1. The molecule has 0 fully saturated rings. The Morgan fingerprint density at radius 2 is 1.88 bits per heavy atom. The highest BCUT2D eigenvalue weighted by molar-refractivity contribution is 7.90. The van der Waals surface area contributed by atoms with Crippen LogP contribution in [-0.2, 0) is 16.8 Å². The number of anilines is 2. The van der Waals surface area contributed by atoms with Gasteiger partial charge in [-0.05, 0) is 56.3 Å². The number of fused-ring (bicyclic) bond motifs is 1. The maximum absolute atomic E-state index is 13.2. The maximum Gasteiger partial charge on any atom is 0.308 e. The van der Waals surface area contributed by atoms with Crippen LogP contribution in [-0.4, -0.2) is 32.9 Å². The van der Waals surface area contributed by atoms with E-state index in [1.807, 2.05) is 62.5 Å². The molecule has 2 aromatic carbocycles. The van der Waals surface area contributed by atoms with Crippen LogP contribution in [0.4, 0.5) is 11.4 Å². The SMILES string of the molecule is CNCCCN1Cc2ccccc2N(c2cccc(C)c2)S1(=O)=O.Cl. The molecule has 5 nitrogen and oxygen atoms in total. The van der Waals surface area contributed by atoms with E-state index in [0.717, 1.165) is 29.8 Å². The van der Waals surface area contributed by atoms with Crippen molar-refractivity contribution in [3.8, 4) is 0 Å². The lowest BCUT2D eigenvalue weighted by molar-refractivity contribution is 0.392. The summed E-state index contributed by atoms with van der Waals surface area (Å²) in [6.07, 6.45) is 0.777. The lowest BCUT2D eigenvalue weighted by Crippen LogP contribution is -2.46. The Bertz CT molecular complexity index is 827. The maximum atomic E-state index is 13.2. The van der Waals surface area contributed by atoms with Crippen molar-refractivity contribution in [2.45, 2.75) is 19.9 Å². The third-order valence-electron chi connectivity index (χ3n) is 4.18. The van der Waals surface area contributed by atoms with Gasteiger partial charge in [-0.25, -0.2) is 4.31 Å². The molecule has 1 heterocycles. The van der Waals surface area contributed by atoms with Crippen LogP contribution >= 0.6 is 12.4 Å².